The van der Waals surface area contributed by atoms with E-state index in [0.717, 1.165) is 19.3 Å². The average molecular weight is 282 g/mol. The van der Waals surface area contributed by atoms with Gasteiger partial charge in [0.15, 0.2) is 0 Å². The molecule has 3 atom stereocenters. The first-order valence-corrected chi connectivity index (χ1v) is 7.73. The second-order valence-corrected chi connectivity index (χ2v) is 6.73. The molecular formula is C14H19FN2OS. The number of nitrogens with one attached hydrogen (secondary N) is 2. The van der Waals surface area contributed by atoms with Crippen molar-refractivity contribution in [3.63, 3.8) is 0 Å². The van der Waals surface area contributed by atoms with Crippen LogP contribution in [-0.2, 0) is 11.2 Å². The molecule has 1 aromatic rings. The Morgan fingerprint density at radius 3 is 3.21 bits per heavy atom. The molecule has 0 aromatic carbocycles. The van der Waals surface area contributed by atoms with E-state index in [2.05, 4.69) is 22.1 Å². The van der Waals surface area contributed by atoms with Crippen LogP contribution in [0.15, 0.2) is 11.4 Å². The fraction of sp³-hybridized carbons (Fsp3) is 0.643. The van der Waals surface area contributed by atoms with Crippen LogP contribution in [0, 0.1) is 0 Å². The zero-order valence-corrected chi connectivity index (χ0v) is 11.9. The van der Waals surface area contributed by atoms with Crippen LogP contribution in [0.2, 0.25) is 0 Å². The second-order valence-electron chi connectivity index (χ2n) is 5.73. The number of carbonyl (C=O) groups is 1. The zero-order valence-electron chi connectivity index (χ0n) is 11.0. The fourth-order valence-electron chi connectivity index (χ4n) is 3.05. The largest absolute Gasteiger partial charge is 0.348 e. The van der Waals surface area contributed by atoms with Crippen LogP contribution in [0.5, 0.6) is 0 Å². The SMILES string of the molecule is C[C@@]1(C(=O)NC2CCCc3sccc32)C[C@H](F)CN1. The third-order valence-corrected chi connectivity index (χ3v) is 5.20. The van der Waals surface area contributed by atoms with Gasteiger partial charge in [-0.2, -0.15) is 0 Å². The van der Waals surface area contributed by atoms with Gasteiger partial charge in [0.2, 0.25) is 5.91 Å². The quantitative estimate of drug-likeness (QED) is 0.874. The summed E-state index contributed by atoms with van der Waals surface area (Å²) in [5.41, 5.74) is 0.496. The predicted molar refractivity (Wildman–Crippen MR) is 74.1 cm³/mol. The van der Waals surface area contributed by atoms with E-state index >= 15 is 0 Å². The molecule has 0 saturated carbocycles. The minimum Gasteiger partial charge on any atom is -0.348 e. The Morgan fingerprint density at radius 1 is 1.63 bits per heavy atom. The molecule has 1 aliphatic heterocycles. The lowest BCUT2D eigenvalue weighted by atomic mass is 9.92. The summed E-state index contributed by atoms with van der Waals surface area (Å²) in [6.07, 6.45) is 2.54. The maximum absolute atomic E-state index is 13.3. The van der Waals surface area contributed by atoms with Crippen LogP contribution >= 0.6 is 11.3 Å². The Hall–Kier alpha value is -0.940. The van der Waals surface area contributed by atoms with Gasteiger partial charge in [-0.05, 0) is 43.2 Å². The first kappa shape index (κ1) is 13.1. The zero-order chi connectivity index (χ0) is 13.5. The van der Waals surface area contributed by atoms with Crippen LogP contribution in [-0.4, -0.2) is 24.2 Å². The Bertz CT molecular complexity index is 490. The molecule has 0 radical (unpaired) electrons. The number of rotatable bonds is 2. The van der Waals surface area contributed by atoms with E-state index in [1.165, 1.54) is 10.4 Å². The van der Waals surface area contributed by atoms with Crippen LogP contribution < -0.4 is 10.6 Å². The number of fused-ring (bicyclic) bond motifs is 1. The number of halogens is 1. The summed E-state index contributed by atoms with van der Waals surface area (Å²) in [7, 11) is 0. The molecule has 1 saturated heterocycles. The van der Waals surface area contributed by atoms with Crippen LogP contribution in [0.3, 0.4) is 0 Å². The third kappa shape index (κ3) is 2.41. The summed E-state index contributed by atoms with van der Waals surface area (Å²) in [6, 6.07) is 2.20. The van der Waals surface area contributed by atoms with Gasteiger partial charge in [-0.3, -0.25) is 4.79 Å². The summed E-state index contributed by atoms with van der Waals surface area (Å²) in [5.74, 6) is -0.0725. The first-order chi connectivity index (χ1) is 9.08. The van der Waals surface area contributed by atoms with Gasteiger partial charge in [0.05, 0.1) is 11.6 Å². The third-order valence-electron chi connectivity index (χ3n) is 4.20. The smallest absolute Gasteiger partial charge is 0.240 e. The molecule has 2 N–H and O–H groups in total. The van der Waals surface area contributed by atoms with Crippen molar-refractivity contribution in [2.24, 2.45) is 0 Å². The van der Waals surface area contributed by atoms with Crippen LogP contribution in [0.25, 0.3) is 0 Å². The highest BCUT2D eigenvalue weighted by Gasteiger charge is 2.42. The van der Waals surface area contributed by atoms with E-state index < -0.39 is 11.7 Å². The highest BCUT2D eigenvalue weighted by Crippen LogP contribution is 2.34. The topological polar surface area (TPSA) is 41.1 Å². The number of thiophene rings is 1. The Labute approximate surface area is 116 Å². The molecule has 1 amide bonds. The minimum absolute atomic E-state index is 0.0725. The van der Waals surface area contributed by atoms with Crippen molar-refractivity contribution in [1.82, 2.24) is 10.6 Å². The molecule has 19 heavy (non-hydrogen) atoms. The molecule has 3 nitrogen and oxygen atoms in total. The summed E-state index contributed by atoms with van der Waals surface area (Å²) < 4.78 is 13.3. The first-order valence-electron chi connectivity index (χ1n) is 6.85. The monoisotopic (exact) mass is 282 g/mol. The second kappa shape index (κ2) is 4.87. The highest BCUT2D eigenvalue weighted by atomic mass is 32.1. The lowest BCUT2D eigenvalue weighted by Gasteiger charge is -2.29. The van der Waals surface area contributed by atoms with Crippen molar-refractivity contribution < 1.29 is 9.18 Å². The summed E-state index contributed by atoms with van der Waals surface area (Å²) in [6.45, 7) is 2.07. The maximum Gasteiger partial charge on any atom is 0.240 e. The molecule has 1 aliphatic carbocycles. The fourth-order valence-corrected chi connectivity index (χ4v) is 4.04. The molecule has 5 heteroatoms. The lowest BCUT2D eigenvalue weighted by molar-refractivity contribution is -0.127. The molecule has 0 bridgehead atoms. The van der Waals surface area contributed by atoms with Gasteiger partial charge in [0.1, 0.15) is 6.17 Å². The van der Waals surface area contributed by atoms with Gasteiger partial charge >= 0.3 is 0 Å². The van der Waals surface area contributed by atoms with Gasteiger partial charge in [0, 0.05) is 17.8 Å². The van der Waals surface area contributed by atoms with Crippen molar-refractivity contribution in [1.29, 1.82) is 0 Å². The Kier molecular flexibility index (Phi) is 3.35. The van der Waals surface area contributed by atoms with Gasteiger partial charge < -0.3 is 10.6 Å². The van der Waals surface area contributed by atoms with Gasteiger partial charge in [-0.1, -0.05) is 0 Å². The number of hydrogen-bond donors (Lipinski definition) is 2. The van der Waals surface area contributed by atoms with E-state index in [0.29, 0.717) is 0 Å². The number of amides is 1. The van der Waals surface area contributed by atoms with E-state index in [4.69, 9.17) is 0 Å². The number of aryl methyl sites for hydroxylation is 1. The van der Waals surface area contributed by atoms with E-state index in [9.17, 15) is 9.18 Å². The van der Waals surface area contributed by atoms with Crippen molar-refractivity contribution in [3.8, 4) is 0 Å². The summed E-state index contributed by atoms with van der Waals surface area (Å²) in [4.78, 5) is 13.8. The molecule has 3 rings (SSSR count). The van der Waals surface area contributed by atoms with Crippen molar-refractivity contribution in [3.05, 3.63) is 21.9 Å². The number of alkyl halides is 1. The number of carbonyl (C=O) groups excluding carboxylic acids is 1. The molecule has 1 aromatic heterocycles. The van der Waals surface area contributed by atoms with Crippen molar-refractivity contribution in [2.45, 2.75) is 50.4 Å². The maximum atomic E-state index is 13.3. The molecule has 1 fully saturated rings. The minimum atomic E-state index is -0.918. The molecule has 2 aliphatic rings. The molecule has 104 valence electrons. The Balaban J connectivity index is 1.71. The lowest BCUT2D eigenvalue weighted by Crippen LogP contribution is -2.52. The summed E-state index contributed by atoms with van der Waals surface area (Å²) in [5, 5.41) is 8.19. The van der Waals surface area contributed by atoms with E-state index in [1.54, 1.807) is 18.3 Å². The standard InChI is InChI=1S/C14H19FN2OS/c1-14(7-9(15)8-16-14)13(18)17-11-3-2-4-12-10(11)5-6-19-12/h5-6,9,11,16H,2-4,7-8H2,1H3,(H,17,18)/t9-,11?,14-/m0/s1. The van der Waals surface area contributed by atoms with Gasteiger partial charge in [0.25, 0.3) is 0 Å². The summed E-state index contributed by atoms with van der Waals surface area (Å²) >= 11 is 1.76. The van der Waals surface area contributed by atoms with E-state index in [-0.39, 0.29) is 24.9 Å². The highest BCUT2D eigenvalue weighted by molar-refractivity contribution is 7.10. The van der Waals surface area contributed by atoms with Crippen LogP contribution in [0.1, 0.15) is 42.7 Å². The Morgan fingerprint density at radius 2 is 2.47 bits per heavy atom. The van der Waals surface area contributed by atoms with Crippen LogP contribution in [0.4, 0.5) is 4.39 Å². The van der Waals surface area contributed by atoms with Gasteiger partial charge in [-0.25, -0.2) is 4.39 Å². The predicted octanol–water partition coefficient (Wildman–Crippen LogP) is 2.33. The number of hydrogen-bond acceptors (Lipinski definition) is 3. The van der Waals surface area contributed by atoms with Gasteiger partial charge in [-0.15, -0.1) is 11.3 Å². The molecule has 1 unspecified atom stereocenters. The van der Waals surface area contributed by atoms with Crippen molar-refractivity contribution in [2.75, 3.05) is 6.54 Å². The molecule has 0 spiro atoms. The average Bonchev–Trinajstić information content (AvgIpc) is 2.97. The molecule has 2 heterocycles. The molecular weight excluding hydrogens is 263 g/mol. The van der Waals surface area contributed by atoms with Crippen molar-refractivity contribution >= 4 is 17.2 Å². The normalized spacial score (nSPS) is 34.0. The van der Waals surface area contributed by atoms with E-state index in [1.807, 2.05) is 0 Å².